The summed E-state index contributed by atoms with van der Waals surface area (Å²) in [6.45, 7) is 8.76. The standard InChI is InChI=1S/C26H45N3O8/c1-26(2,3)37-25(33)19-5-7-21(8-6-19)28-22(30)9-11-34-13-15-36-16-14-35-12-10-27-24(32)20-17-23(31)29(4)18-20/h19-21H,5-18H2,1-4H3,(H,27,32)(H,28,30). The van der Waals surface area contributed by atoms with Crippen molar-refractivity contribution in [3.05, 3.63) is 0 Å². The van der Waals surface area contributed by atoms with Crippen molar-refractivity contribution in [1.82, 2.24) is 15.5 Å². The number of esters is 1. The monoisotopic (exact) mass is 527 g/mol. The number of hydrogen-bond donors (Lipinski definition) is 2. The number of ether oxygens (including phenoxy) is 4. The molecule has 0 radical (unpaired) electrons. The maximum absolute atomic E-state index is 12.2. The highest BCUT2D eigenvalue weighted by atomic mass is 16.6. The molecule has 2 rings (SSSR count). The van der Waals surface area contributed by atoms with Crippen LogP contribution in [0.1, 0.15) is 59.3 Å². The van der Waals surface area contributed by atoms with Gasteiger partial charge in [0.25, 0.3) is 0 Å². The van der Waals surface area contributed by atoms with Gasteiger partial charge in [-0.05, 0) is 46.5 Å². The molecule has 37 heavy (non-hydrogen) atoms. The predicted octanol–water partition coefficient (Wildman–Crippen LogP) is 1.04. The van der Waals surface area contributed by atoms with E-state index in [1.807, 2.05) is 20.8 Å². The number of nitrogens with one attached hydrogen (secondary N) is 2. The second-order valence-electron chi connectivity index (χ2n) is 10.7. The molecule has 0 aromatic rings. The number of amides is 3. The Balaban J connectivity index is 1.36. The molecule has 2 N–H and O–H groups in total. The van der Waals surface area contributed by atoms with Crippen molar-refractivity contribution in [2.45, 2.75) is 70.9 Å². The van der Waals surface area contributed by atoms with Crippen LogP contribution in [0.5, 0.6) is 0 Å². The van der Waals surface area contributed by atoms with Crippen molar-refractivity contribution in [2.75, 3.05) is 59.8 Å². The van der Waals surface area contributed by atoms with Gasteiger partial charge in [0, 0.05) is 39.0 Å². The molecule has 1 heterocycles. The van der Waals surface area contributed by atoms with E-state index < -0.39 is 5.60 Å². The van der Waals surface area contributed by atoms with Crippen LogP contribution in [0, 0.1) is 11.8 Å². The molecule has 0 spiro atoms. The highest BCUT2D eigenvalue weighted by Crippen LogP contribution is 2.27. The quantitative estimate of drug-likeness (QED) is 0.238. The van der Waals surface area contributed by atoms with Crippen LogP contribution in [-0.4, -0.2) is 100 Å². The van der Waals surface area contributed by atoms with Crippen LogP contribution in [0.4, 0.5) is 0 Å². The average molecular weight is 528 g/mol. The van der Waals surface area contributed by atoms with Crippen LogP contribution in [0.2, 0.25) is 0 Å². The van der Waals surface area contributed by atoms with Gasteiger partial charge in [0.05, 0.1) is 51.5 Å². The zero-order valence-corrected chi connectivity index (χ0v) is 22.8. The zero-order valence-electron chi connectivity index (χ0n) is 22.8. The van der Waals surface area contributed by atoms with Crippen LogP contribution in [0.3, 0.4) is 0 Å². The molecule has 0 aromatic carbocycles. The van der Waals surface area contributed by atoms with E-state index in [2.05, 4.69) is 10.6 Å². The summed E-state index contributed by atoms with van der Waals surface area (Å²) >= 11 is 0. The van der Waals surface area contributed by atoms with Crippen LogP contribution in [0.25, 0.3) is 0 Å². The van der Waals surface area contributed by atoms with Crippen molar-refractivity contribution in [2.24, 2.45) is 11.8 Å². The lowest BCUT2D eigenvalue weighted by Gasteiger charge is -2.30. The summed E-state index contributed by atoms with van der Waals surface area (Å²) in [5.74, 6) is -0.675. The Morgan fingerprint density at radius 1 is 0.892 bits per heavy atom. The summed E-state index contributed by atoms with van der Waals surface area (Å²) in [5.41, 5.74) is -0.474. The van der Waals surface area contributed by atoms with Gasteiger partial charge in [0.15, 0.2) is 0 Å². The molecule has 1 saturated carbocycles. The van der Waals surface area contributed by atoms with Crippen molar-refractivity contribution in [1.29, 1.82) is 0 Å². The maximum atomic E-state index is 12.2. The molecule has 2 aliphatic rings. The van der Waals surface area contributed by atoms with Crippen molar-refractivity contribution in [3.63, 3.8) is 0 Å². The molecule has 3 amide bonds. The maximum Gasteiger partial charge on any atom is 0.309 e. The molecule has 2 fully saturated rings. The van der Waals surface area contributed by atoms with E-state index in [1.165, 1.54) is 0 Å². The highest BCUT2D eigenvalue weighted by molar-refractivity contribution is 5.89. The van der Waals surface area contributed by atoms with E-state index in [0.29, 0.717) is 52.7 Å². The van der Waals surface area contributed by atoms with Gasteiger partial charge >= 0.3 is 5.97 Å². The lowest BCUT2D eigenvalue weighted by atomic mass is 9.86. The second kappa shape index (κ2) is 15.9. The highest BCUT2D eigenvalue weighted by Gasteiger charge is 2.32. The van der Waals surface area contributed by atoms with Crippen LogP contribution >= 0.6 is 0 Å². The average Bonchev–Trinajstić information content (AvgIpc) is 3.17. The summed E-state index contributed by atoms with van der Waals surface area (Å²) in [7, 11) is 1.70. The fourth-order valence-electron chi connectivity index (χ4n) is 4.30. The minimum atomic E-state index is -0.474. The minimum absolute atomic E-state index is 0.00343. The first-order valence-corrected chi connectivity index (χ1v) is 13.3. The fourth-order valence-corrected chi connectivity index (χ4v) is 4.30. The number of likely N-dealkylation sites (tertiary alicyclic amines) is 1. The summed E-state index contributed by atoms with van der Waals surface area (Å²) in [6, 6.07) is 0.0939. The molecule has 1 saturated heterocycles. The van der Waals surface area contributed by atoms with E-state index in [1.54, 1.807) is 11.9 Å². The summed E-state index contributed by atoms with van der Waals surface area (Å²) in [4.78, 5) is 49.4. The number of carbonyl (C=O) groups excluding carboxylic acids is 4. The Bertz CT molecular complexity index is 747. The Hall–Kier alpha value is -2.24. The third-order valence-electron chi connectivity index (χ3n) is 6.31. The van der Waals surface area contributed by atoms with Gasteiger partial charge < -0.3 is 34.5 Å². The third kappa shape index (κ3) is 12.7. The first-order chi connectivity index (χ1) is 17.5. The summed E-state index contributed by atoms with van der Waals surface area (Å²) in [6.07, 6.45) is 3.56. The molecule has 11 nitrogen and oxygen atoms in total. The first-order valence-electron chi connectivity index (χ1n) is 13.3. The van der Waals surface area contributed by atoms with Gasteiger partial charge in [0.1, 0.15) is 5.60 Å². The van der Waals surface area contributed by atoms with Gasteiger partial charge in [-0.25, -0.2) is 0 Å². The second-order valence-corrected chi connectivity index (χ2v) is 10.7. The molecular formula is C26H45N3O8. The Morgan fingerprint density at radius 3 is 2.05 bits per heavy atom. The van der Waals surface area contributed by atoms with Gasteiger partial charge in [-0.1, -0.05) is 0 Å². The van der Waals surface area contributed by atoms with E-state index in [0.717, 1.165) is 25.7 Å². The third-order valence-corrected chi connectivity index (χ3v) is 6.31. The first kappa shape index (κ1) is 31.0. The molecule has 1 aliphatic heterocycles. The molecule has 1 atom stereocenters. The number of carbonyl (C=O) groups is 4. The van der Waals surface area contributed by atoms with Crippen LogP contribution < -0.4 is 10.6 Å². The zero-order chi connectivity index (χ0) is 27.3. The largest absolute Gasteiger partial charge is 0.460 e. The lowest BCUT2D eigenvalue weighted by Crippen LogP contribution is -2.40. The summed E-state index contributed by atoms with van der Waals surface area (Å²) < 4.78 is 21.8. The molecule has 0 aromatic heterocycles. The molecule has 1 unspecified atom stereocenters. The molecule has 0 bridgehead atoms. The van der Waals surface area contributed by atoms with Gasteiger partial charge in [-0.3, -0.25) is 19.2 Å². The molecule has 212 valence electrons. The van der Waals surface area contributed by atoms with E-state index in [4.69, 9.17) is 18.9 Å². The fraction of sp³-hybridized carbons (Fsp3) is 0.846. The molecular weight excluding hydrogens is 482 g/mol. The normalized spacial score (nSPS) is 22.1. The Kier molecular flexibility index (Phi) is 13.3. The Morgan fingerprint density at radius 2 is 1.49 bits per heavy atom. The Labute approximate surface area is 220 Å². The molecule has 1 aliphatic carbocycles. The van der Waals surface area contributed by atoms with E-state index in [-0.39, 0.29) is 54.4 Å². The van der Waals surface area contributed by atoms with Gasteiger partial charge in [-0.2, -0.15) is 0 Å². The minimum Gasteiger partial charge on any atom is -0.460 e. The number of rotatable bonds is 15. The number of nitrogens with zero attached hydrogens (tertiary/aromatic N) is 1. The lowest BCUT2D eigenvalue weighted by molar-refractivity contribution is -0.161. The number of hydrogen-bond acceptors (Lipinski definition) is 8. The van der Waals surface area contributed by atoms with Crippen molar-refractivity contribution < 1.29 is 38.1 Å². The van der Waals surface area contributed by atoms with Crippen LogP contribution in [-0.2, 0) is 38.1 Å². The van der Waals surface area contributed by atoms with Crippen LogP contribution in [0.15, 0.2) is 0 Å². The van der Waals surface area contributed by atoms with Gasteiger partial charge in [-0.15, -0.1) is 0 Å². The SMILES string of the molecule is CN1CC(C(=O)NCCOCCOCCOCCC(=O)NC2CCC(C(=O)OC(C)(C)C)CC2)CC1=O. The van der Waals surface area contributed by atoms with Gasteiger partial charge in [0.2, 0.25) is 17.7 Å². The predicted molar refractivity (Wildman–Crippen MR) is 136 cm³/mol. The van der Waals surface area contributed by atoms with E-state index in [9.17, 15) is 19.2 Å². The summed E-state index contributed by atoms with van der Waals surface area (Å²) in [5, 5.41) is 5.81. The van der Waals surface area contributed by atoms with Crippen molar-refractivity contribution >= 4 is 23.7 Å². The topological polar surface area (TPSA) is 133 Å². The smallest absolute Gasteiger partial charge is 0.309 e. The van der Waals surface area contributed by atoms with E-state index >= 15 is 0 Å². The van der Waals surface area contributed by atoms with Crippen molar-refractivity contribution in [3.8, 4) is 0 Å². The molecule has 11 heteroatoms.